The average Bonchev–Trinajstić information content (AvgIpc) is 3.35. The first-order valence-electron chi connectivity index (χ1n) is 14.5. The summed E-state index contributed by atoms with van der Waals surface area (Å²) in [6.07, 6.45) is 2.54. The van der Waals surface area contributed by atoms with Crippen molar-refractivity contribution in [2.24, 2.45) is 11.3 Å². The van der Waals surface area contributed by atoms with Crippen molar-refractivity contribution in [2.75, 3.05) is 13.2 Å². The number of halogens is 1. The standard InChI is InChI=1S/C35H40ClNO5S/c1-24-11-9-10-14-32(24)43(40,41)37-33(35(3,4)5)21-29(34(37)27-15-17-30(36)18-16-27)22-42-23-31(39)20-28(25(2)38)19-26-12-7-6-8-13-26/h6-18,21,28,33-34H,19-20,22-23H2,1-5H3/t28-,33-,34-/m0/s1. The third kappa shape index (κ3) is 7.90. The van der Waals surface area contributed by atoms with Crippen molar-refractivity contribution in [1.82, 2.24) is 4.31 Å². The second-order valence-corrected chi connectivity index (χ2v) is 14.6. The molecule has 4 rings (SSSR count). The quantitative estimate of drug-likeness (QED) is 0.201. The number of hydrogen-bond acceptors (Lipinski definition) is 5. The first-order chi connectivity index (χ1) is 20.3. The minimum Gasteiger partial charge on any atom is -0.369 e. The van der Waals surface area contributed by atoms with Crippen molar-refractivity contribution in [2.45, 2.75) is 64.4 Å². The highest BCUT2D eigenvalue weighted by Crippen LogP contribution is 2.46. The molecule has 0 aromatic heterocycles. The minimum absolute atomic E-state index is 0.0384. The number of rotatable bonds is 12. The number of hydrogen-bond donors (Lipinski definition) is 0. The van der Waals surface area contributed by atoms with Gasteiger partial charge in [-0.15, -0.1) is 0 Å². The zero-order chi connectivity index (χ0) is 31.4. The zero-order valence-electron chi connectivity index (χ0n) is 25.4. The third-order valence-corrected chi connectivity index (χ3v) is 10.1. The molecule has 43 heavy (non-hydrogen) atoms. The predicted octanol–water partition coefficient (Wildman–Crippen LogP) is 7.16. The van der Waals surface area contributed by atoms with E-state index in [-0.39, 0.29) is 36.1 Å². The molecule has 0 saturated heterocycles. The number of ketones is 2. The lowest BCUT2D eigenvalue weighted by Gasteiger charge is -2.37. The van der Waals surface area contributed by atoms with Gasteiger partial charge in [0.2, 0.25) is 10.0 Å². The Hall–Kier alpha value is -3.10. The van der Waals surface area contributed by atoms with Crippen LogP contribution in [0.5, 0.6) is 0 Å². The van der Waals surface area contributed by atoms with E-state index in [0.717, 1.165) is 16.7 Å². The second kappa shape index (κ2) is 13.7. The van der Waals surface area contributed by atoms with Gasteiger partial charge in [-0.2, -0.15) is 4.31 Å². The molecule has 0 fully saturated rings. The summed E-state index contributed by atoms with van der Waals surface area (Å²) in [6, 6.07) is 22.7. The first-order valence-corrected chi connectivity index (χ1v) is 16.3. The first kappa shape index (κ1) is 32.8. The summed E-state index contributed by atoms with van der Waals surface area (Å²) in [4.78, 5) is 25.5. The van der Waals surface area contributed by atoms with Crippen molar-refractivity contribution >= 4 is 33.2 Å². The number of sulfonamides is 1. The van der Waals surface area contributed by atoms with Crippen LogP contribution in [0.2, 0.25) is 5.02 Å². The molecular weight excluding hydrogens is 582 g/mol. The maximum absolute atomic E-state index is 14.4. The molecule has 0 radical (unpaired) electrons. The van der Waals surface area contributed by atoms with E-state index >= 15 is 0 Å². The van der Waals surface area contributed by atoms with Gasteiger partial charge in [-0.3, -0.25) is 9.59 Å². The number of benzene rings is 3. The maximum atomic E-state index is 14.4. The Bertz CT molecular complexity index is 1580. The van der Waals surface area contributed by atoms with E-state index < -0.39 is 33.4 Å². The van der Waals surface area contributed by atoms with Crippen molar-refractivity contribution in [1.29, 1.82) is 0 Å². The fourth-order valence-electron chi connectivity index (χ4n) is 5.58. The highest BCUT2D eigenvalue weighted by atomic mass is 35.5. The van der Waals surface area contributed by atoms with Crippen molar-refractivity contribution in [3.63, 3.8) is 0 Å². The SMILES string of the molecule is CC(=O)[C@H](CC(=O)COCC1=C[C@@H](C(C)(C)C)N(S(=O)(=O)c2ccccc2C)[C@H]1c1ccc(Cl)cc1)Cc1ccccc1. The summed E-state index contributed by atoms with van der Waals surface area (Å²) < 4.78 is 36.3. The summed E-state index contributed by atoms with van der Waals surface area (Å²) in [6.45, 7) is 9.22. The Kier molecular flexibility index (Phi) is 10.4. The fraction of sp³-hybridized carbons (Fsp3) is 0.371. The topological polar surface area (TPSA) is 80.8 Å². The number of carbonyl (C=O) groups excluding carboxylic acids is 2. The number of ether oxygens (including phenoxy) is 1. The van der Waals surface area contributed by atoms with Crippen molar-refractivity contribution in [3.8, 4) is 0 Å². The van der Waals surface area contributed by atoms with Gasteiger partial charge < -0.3 is 4.74 Å². The Morgan fingerprint density at radius 3 is 2.19 bits per heavy atom. The monoisotopic (exact) mass is 621 g/mol. The number of Topliss-reactive ketones (excluding diaryl/α,β-unsaturated/α-hetero) is 2. The number of nitrogens with zero attached hydrogens (tertiary/aromatic N) is 1. The second-order valence-electron chi connectivity index (χ2n) is 12.3. The van der Waals surface area contributed by atoms with E-state index in [0.29, 0.717) is 17.0 Å². The van der Waals surface area contributed by atoms with E-state index in [4.69, 9.17) is 16.3 Å². The van der Waals surface area contributed by atoms with Crippen LogP contribution in [-0.4, -0.2) is 43.5 Å². The third-order valence-electron chi connectivity index (χ3n) is 7.88. The normalized spacial score (nSPS) is 18.3. The van der Waals surface area contributed by atoms with E-state index in [1.807, 2.05) is 75.4 Å². The number of aryl methyl sites for hydroxylation is 1. The summed E-state index contributed by atoms with van der Waals surface area (Å²) in [5, 5.41) is 0.547. The summed E-state index contributed by atoms with van der Waals surface area (Å²) >= 11 is 6.20. The van der Waals surface area contributed by atoms with Crippen LogP contribution >= 0.6 is 11.6 Å². The van der Waals surface area contributed by atoms with Gasteiger partial charge in [0.1, 0.15) is 12.4 Å². The van der Waals surface area contributed by atoms with Crippen molar-refractivity contribution < 1.29 is 22.7 Å². The molecule has 0 amide bonds. The lowest BCUT2D eigenvalue weighted by atomic mass is 9.87. The molecule has 0 unspecified atom stereocenters. The lowest BCUT2D eigenvalue weighted by molar-refractivity contribution is -0.129. The highest BCUT2D eigenvalue weighted by molar-refractivity contribution is 7.89. The van der Waals surface area contributed by atoms with E-state index in [1.54, 1.807) is 41.6 Å². The molecule has 8 heteroatoms. The van der Waals surface area contributed by atoms with Gasteiger partial charge in [0.25, 0.3) is 0 Å². The van der Waals surface area contributed by atoms with Crippen LogP contribution in [0.15, 0.2) is 95.4 Å². The largest absolute Gasteiger partial charge is 0.369 e. The summed E-state index contributed by atoms with van der Waals surface area (Å²) in [5.41, 5.74) is 2.73. The average molecular weight is 622 g/mol. The molecule has 1 aliphatic heterocycles. The fourth-order valence-corrected chi connectivity index (χ4v) is 7.87. The smallest absolute Gasteiger partial charge is 0.244 e. The Morgan fingerprint density at radius 1 is 0.953 bits per heavy atom. The predicted molar refractivity (Wildman–Crippen MR) is 170 cm³/mol. The lowest BCUT2D eigenvalue weighted by Crippen LogP contribution is -2.45. The molecule has 0 spiro atoms. The summed E-state index contributed by atoms with van der Waals surface area (Å²) in [5.74, 6) is -0.635. The van der Waals surface area contributed by atoms with E-state index in [1.165, 1.54) is 6.92 Å². The molecule has 0 saturated carbocycles. The Balaban J connectivity index is 1.59. The van der Waals surface area contributed by atoms with Crippen LogP contribution in [0.4, 0.5) is 0 Å². The Labute approximate surface area is 260 Å². The Morgan fingerprint density at radius 2 is 1.58 bits per heavy atom. The van der Waals surface area contributed by atoms with Crippen LogP contribution in [-0.2, 0) is 30.8 Å². The van der Waals surface area contributed by atoms with Gasteiger partial charge in [0.15, 0.2) is 5.78 Å². The minimum atomic E-state index is -3.95. The molecule has 6 nitrogen and oxygen atoms in total. The molecule has 3 aromatic carbocycles. The van der Waals surface area contributed by atoms with E-state index in [2.05, 4.69) is 0 Å². The molecular formula is C35H40ClNO5S. The molecule has 0 aliphatic carbocycles. The maximum Gasteiger partial charge on any atom is 0.244 e. The van der Waals surface area contributed by atoms with Gasteiger partial charge in [-0.05, 0) is 66.1 Å². The number of carbonyl (C=O) groups is 2. The molecule has 0 N–H and O–H groups in total. The van der Waals surface area contributed by atoms with Crippen LogP contribution in [0.25, 0.3) is 0 Å². The summed E-state index contributed by atoms with van der Waals surface area (Å²) in [7, 11) is -3.95. The van der Waals surface area contributed by atoms with Gasteiger partial charge in [0.05, 0.1) is 17.5 Å². The van der Waals surface area contributed by atoms with Crippen LogP contribution in [0.1, 0.15) is 56.8 Å². The van der Waals surface area contributed by atoms with E-state index in [9.17, 15) is 18.0 Å². The van der Waals surface area contributed by atoms with Crippen LogP contribution in [0.3, 0.4) is 0 Å². The van der Waals surface area contributed by atoms with Crippen molar-refractivity contribution in [3.05, 3.63) is 112 Å². The molecule has 3 atom stereocenters. The molecule has 1 heterocycles. The molecule has 3 aromatic rings. The molecule has 1 aliphatic rings. The van der Waals surface area contributed by atoms with Gasteiger partial charge in [0, 0.05) is 23.4 Å². The zero-order valence-corrected chi connectivity index (χ0v) is 27.0. The van der Waals surface area contributed by atoms with Gasteiger partial charge in [-0.1, -0.05) is 99.1 Å². The van der Waals surface area contributed by atoms with Crippen LogP contribution in [0, 0.1) is 18.3 Å². The van der Waals surface area contributed by atoms with Gasteiger partial charge >= 0.3 is 0 Å². The molecule has 0 bridgehead atoms. The van der Waals surface area contributed by atoms with Crippen LogP contribution < -0.4 is 0 Å². The van der Waals surface area contributed by atoms with Gasteiger partial charge in [-0.25, -0.2) is 8.42 Å². The molecule has 228 valence electrons. The highest BCUT2D eigenvalue weighted by Gasteiger charge is 2.48.